The van der Waals surface area contributed by atoms with E-state index in [4.69, 9.17) is 4.99 Å². The van der Waals surface area contributed by atoms with E-state index >= 15 is 0 Å². The number of likely N-dealkylation sites (tertiary alicyclic amines) is 1. The van der Waals surface area contributed by atoms with Crippen LogP contribution in [0.5, 0.6) is 0 Å². The molecule has 1 saturated carbocycles. The van der Waals surface area contributed by atoms with E-state index in [1.54, 1.807) is 0 Å². The van der Waals surface area contributed by atoms with Gasteiger partial charge >= 0.3 is 6.03 Å². The van der Waals surface area contributed by atoms with E-state index in [-0.39, 0.29) is 17.9 Å². The summed E-state index contributed by atoms with van der Waals surface area (Å²) in [6.07, 6.45) is 7.62. The first kappa shape index (κ1) is 28.2. The number of hydrogen-bond donors (Lipinski definition) is 4. The van der Waals surface area contributed by atoms with Crippen LogP contribution in [0.4, 0.5) is 4.79 Å². The summed E-state index contributed by atoms with van der Waals surface area (Å²) in [5.74, 6) is 1.10. The fourth-order valence-corrected chi connectivity index (χ4v) is 5.51. The Morgan fingerprint density at radius 1 is 1.17 bits per heavy atom. The Morgan fingerprint density at radius 3 is 2.53 bits per heavy atom. The molecule has 0 aromatic rings. The fraction of sp³-hybridized carbons (Fsp3) is 0.846. The molecule has 2 unspecified atom stereocenters. The topological polar surface area (TPSA) is 125 Å². The maximum absolute atomic E-state index is 13.6. The van der Waals surface area contributed by atoms with Gasteiger partial charge in [-0.1, -0.05) is 33.1 Å². The SMILES string of the molecule is CCNC(=O)NC(=NC(CC(C)C)C(=O)NC1(C#N)CCN(CC2CCCCC2)C1)N1CCNCC1. The highest BCUT2D eigenvalue weighted by Gasteiger charge is 2.41. The first-order valence-electron chi connectivity index (χ1n) is 13.9. The molecule has 1 aliphatic carbocycles. The molecular weight excluding hydrogens is 456 g/mol. The predicted octanol–water partition coefficient (Wildman–Crippen LogP) is 1.65. The molecule has 3 amide bonds. The number of amides is 3. The van der Waals surface area contributed by atoms with E-state index in [1.165, 1.54) is 32.1 Å². The second-order valence-corrected chi connectivity index (χ2v) is 11.0. The number of rotatable bonds is 8. The van der Waals surface area contributed by atoms with Crippen molar-refractivity contribution in [2.45, 2.75) is 77.3 Å². The highest BCUT2D eigenvalue weighted by molar-refractivity contribution is 5.97. The first-order valence-corrected chi connectivity index (χ1v) is 13.9. The molecule has 202 valence electrons. The zero-order chi connectivity index (χ0) is 26.0. The first-order chi connectivity index (χ1) is 17.3. The van der Waals surface area contributed by atoms with Crippen molar-refractivity contribution >= 4 is 17.9 Å². The largest absolute Gasteiger partial charge is 0.340 e. The Bertz CT molecular complexity index is 798. The number of urea groups is 1. The van der Waals surface area contributed by atoms with E-state index in [2.05, 4.69) is 46.1 Å². The number of nitriles is 1. The van der Waals surface area contributed by atoms with E-state index < -0.39 is 11.6 Å². The molecule has 3 aliphatic rings. The molecule has 0 aromatic heterocycles. The van der Waals surface area contributed by atoms with Gasteiger partial charge in [-0.15, -0.1) is 0 Å². The van der Waals surface area contributed by atoms with Gasteiger partial charge in [-0.3, -0.25) is 15.0 Å². The van der Waals surface area contributed by atoms with Crippen molar-refractivity contribution < 1.29 is 9.59 Å². The minimum Gasteiger partial charge on any atom is -0.340 e. The number of aliphatic imine (C=N–C) groups is 1. The Kier molecular flexibility index (Phi) is 10.8. The van der Waals surface area contributed by atoms with E-state index in [0.29, 0.717) is 50.9 Å². The molecule has 0 radical (unpaired) electrons. The fourth-order valence-electron chi connectivity index (χ4n) is 5.51. The maximum Gasteiger partial charge on any atom is 0.321 e. The summed E-state index contributed by atoms with van der Waals surface area (Å²) in [5, 5.41) is 22.1. The van der Waals surface area contributed by atoms with Crippen LogP contribution in [0.25, 0.3) is 0 Å². The normalized spacial score (nSPS) is 24.9. The Balaban J connectivity index is 1.72. The summed E-state index contributed by atoms with van der Waals surface area (Å²) in [6.45, 7) is 11.8. The van der Waals surface area contributed by atoms with Crippen LogP contribution in [0.2, 0.25) is 0 Å². The van der Waals surface area contributed by atoms with Gasteiger partial charge in [0.2, 0.25) is 11.9 Å². The maximum atomic E-state index is 13.6. The lowest BCUT2D eigenvalue weighted by Gasteiger charge is -2.32. The molecular formula is C26H46N8O2. The van der Waals surface area contributed by atoms with Crippen LogP contribution in [0, 0.1) is 23.2 Å². The molecule has 3 rings (SSSR count). The van der Waals surface area contributed by atoms with E-state index in [0.717, 1.165) is 26.2 Å². The third-order valence-electron chi connectivity index (χ3n) is 7.42. The molecule has 2 atom stereocenters. The molecule has 0 bridgehead atoms. The number of hydrogen-bond acceptors (Lipinski definition) is 6. The van der Waals surface area contributed by atoms with Crippen molar-refractivity contribution in [3.05, 3.63) is 0 Å². The molecule has 2 saturated heterocycles. The molecule has 10 heteroatoms. The van der Waals surface area contributed by atoms with Gasteiger partial charge in [-0.25, -0.2) is 9.79 Å². The average molecular weight is 503 g/mol. The Labute approximate surface area is 216 Å². The number of guanidine groups is 1. The smallest absolute Gasteiger partial charge is 0.321 e. The summed E-state index contributed by atoms with van der Waals surface area (Å²) < 4.78 is 0. The predicted molar refractivity (Wildman–Crippen MR) is 141 cm³/mol. The van der Waals surface area contributed by atoms with Crippen LogP contribution in [-0.2, 0) is 4.79 Å². The molecule has 2 heterocycles. The molecule has 3 fully saturated rings. The zero-order valence-corrected chi connectivity index (χ0v) is 22.4. The van der Waals surface area contributed by atoms with Crippen molar-refractivity contribution in [2.24, 2.45) is 16.8 Å². The molecule has 0 spiro atoms. The second-order valence-electron chi connectivity index (χ2n) is 11.0. The number of nitrogens with zero attached hydrogens (tertiary/aromatic N) is 4. The molecule has 0 aromatic carbocycles. The average Bonchev–Trinajstić information content (AvgIpc) is 3.26. The van der Waals surface area contributed by atoms with Crippen LogP contribution in [-0.4, -0.2) is 91.6 Å². The van der Waals surface area contributed by atoms with Crippen LogP contribution in [0.15, 0.2) is 4.99 Å². The van der Waals surface area contributed by atoms with Gasteiger partial charge in [0.1, 0.15) is 11.6 Å². The second kappa shape index (κ2) is 13.8. The summed E-state index contributed by atoms with van der Waals surface area (Å²) in [4.78, 5) is 35.1. The highest BCUT2D eigenvalue weighted by atomic mass is 16.2. The monoisotopic (exact) mass is 502 g/mol. The summed E-state index contributed by atoms with van der Waals surface area (Å²) in [5.41, 5.74) is -0.890. The molecule has 36 heavy (non-hydrogen) atoms. The Morgan fingerprint density at radius 2 is 1.89 bits per heavy atom. The van der Waals surface area contributed by atoms with E-state index in [9.17, 15) is 14.9 Å². The summed E-state index contributed by atoms with van der Waals surface area (Å²) in [6, 6.07) is 1.41. The van der Waals surface area contributed by atoms with Crippen LogP contribution >= 0.6 is 0 Å². The summed E-state index contributed by atoms with van der Waals surface area (Å²) >= 11 is 0. The van der Waals surface area contributed by atoms with Crippen molar-refractivity contribution in [1.82, 2.24) is 31.1 Å². The van der Waals surface area contributed by atoms with Crippen LogP contribution in [0.3, 0.4) is 0 Å². The van der Waals surface area contributed by atoms with Gasteiger partial charge in [0.05, 0.1) is 6.07 Å². The van der Waals surface area contributed by atoms with Crippen molar-refractivity contribution in [3.63, 3.8) is 0 Å². The minimum atomic E-state index is -0.890. The van der Waals surface area contributed by atoms with Crippen LogP contribution < -0.4 is 21.3 Å². The van der Waals surface area contributed by atoms with Crippen molar-refractivity contribution in [1.29, 1.82) is 5.26 Å². The van der Waals surface area contributed by atoms with Crippen LogP contribution in [0.1, 0.15) is 65.7 Å². The summed E-state index contributed by atoms with van der Waals surface area (Å²) in [7, 11) is 0. The van der Waals surface area contributed by atoms with Gasteiger partial charge < -0.3 is 20.9 Å². The van der Waals surface area contributed by atoms with Gasteiger partial charge in [0, 0.05) is 52.4 Å². The third kappa shape index (κ3) is 8.34. The van der Waals surface area contributed by atoms with E-state index in [1.807, 2.05) is 11.8 Å². The number of carbonyl (C=O) groups excluding carboxylic acids is 2. The third-order valence-corrected chi connectivity index (χ3v) is 7.42. The highest BCUT2D eigenvalue weighted by Crippen LogP contribution is 2.28. The minimum absolute atomic E-state index is 0.225. The lowest BCUT2D eigenvalue weighted by atomic mass is 9.89. The number of nitrogens with one attached hydrogen (secondary N) is 4. The van der Waals surface area contributed by atoms with Crippen molar-refractivity contribution in [2.75, 3.05) is 52.4 Å². The van der Waals surface area contributed by atoms with Gasteiger partial charge in [0.25, 0.3) is 0 Å². The van der Waals surface area contributed by atoms with Gasteiger partial charge in [-0.05, 0) is 44.4 Å². The molecule has 2 aliphatic heterocycles. The van der Waals surface area contributed by atoms with Crippen molar-refractivity contribution in [3.8, 4) is 6.07 Å². The Hall–Kier alpha value is -2.38. The standard InChI is InChI=1S/C26H46N8O2/c1-4-29-25(36)31-24(34-14-11-28-12-15-34)30-22(16-20(2)3)23(35)32-26(18-27)10-13-33(19-26)17-21-8-6-5-7-9-21/h20-22,28H,4-17,19H2,1-3H3,(H,32,35)(H2,29,30,31,36). The lowest BCUT2D eigenvalue weighted by molar-refractivity contribution is -0.123. The van der Waals surface area contributed by atoms with Gasteiger partial charge in [-0.2, -0.15) is 5.26 Å². The van der Waals surface area contributed by atoms with Gasteiger partial charge in [0.15, 0.2) is 0 Å². The molecule has 4 N–H and O–H groups in total. The zero-order valence-electron chi connectivity index (χ0n) is 22.4. The lowest BCUT2D eigenvalue weighted by Crippen LogP contribution is -2.56. The number of piperazine rings is 1. The molecule has 10 nitrogen and oxygen atoms in total. The quantitative estimate of drug-likeness (QED) is 0.295. The number of carbonyl (C=O) groups is 2.